The van der Waals surface area contributed by atoms with Crippen LogP contribution in [0.5, 0.6) is 0 Å². The van der Waals surface area contributed by atoms with Crippen LogP contribution in [-0.2, 0) is 51.2 Å². The monoisotopic (exact) mass is 732 g/mol. The third-order valence-corrected chi connectivity index (χ3v) is 10.9. The maximum atomic E-state index is 13.3. The zero-order valence-corrected chi connectivity index (χ0v) is 27.0. The zero-order chi connectivity index (χ0) is 33.4. The van der Waals surface area contributed by atoms with Gasteiger partial charge in [0, 0.05) is 5.69 Å². The second kappa shape index (κ2) is 12.0. The lowest BCUT2D eigenvalue weighted by atomic mass is 10.1. The molecule has 6 heterocycles. The molecule has 7 rings (SSSR count). The first kappa shape index (κ1) is 32.7. The topological polar surface area (TPSA) is 287 Å². The molecule has 24 heteroatoms. The Kier molecular flexibility index (Phi) is 8.34. The lowest BCUT2D eigenvalue weighted by molar-refractivity contribution is -0.0619. The van der Waals surface area contributed by atoms with E-state index in [1.165, 1.54) is 29.1 Å². The third kappa shape index (κ3) is 6.04. The first-order valence-electron chi connectivity index (χ1n) is 13.7. The fraction of sp³-hybridized carbons (Fsp3) is 0.435. The number of aromatic amines is 1. The average Bonchev–Trinajstić information content (AvgIpc) is 3.64. The smallest absolute Gasteiger partial charge is 0.325 e. The first-order chi connectivity index (χ1) is 22.2. The van der Waals surface area contributed by atoms with E-state index in [1.807, 2.05) is 0 Å². The van der Waals surface area contributed by atoms with E-state index in [1.54, 1.807) is 0 Å². The lowest BCUT2D eigenvalue weighted by Crippen LogP contribution is -2.37. The van der Waals surface area contributed by atoms with Crippen LogP contribution in [0.1, 0.15) is 12.5 Å². The standard InChI is InChI=1S/C23H26N8O12P2S2/c24-8-1-2-9-10(3-8)26-6-31(20(9)35)21-15(33)16-12(41-21)5-39-45(37,47)43-17-14(32)11(4-38-44(36,46)42-16)40-22(17)30-7-27-13-18(30)28-23(25)29-19(13)34/h1-3,6-7,11-12,14-17,21-22,32-33H,4-5,24H2,(H,36,46)(H,37,47)(H3,25,28,29,34)/t11-,12-,14-,15-,16-,17-,21-,22-,44?,45?/m1/s1. The minimum absolute atomic E-state index is 0.0355. The van der Waals surface area contributed by atoms with Crippen molar-refractivity contribution < 1.29 is 47.6 Å². The molecule has 10 atom stereocenters. The van der Waals surface area contributed by atoms with Gasteiger partial charge in [-0.1, -0.05) is 0 Å². The number of nitrogens with zero attached hydrogens (tertiary/aromatic N) is 5. The van der Waals surface area contributed by atoms with Crippen molar-refractivity contribution in [3.63, 3.8) is 0 Å². The Bertz CT molecular complexity index is 2100. The van der Waals surface area contributed by atoms with Gasteiger partial charge in [0.1, 0.15) is 43.0 Å². The van der Waals surface area contributed by atoms with Crippen molar-refractivity contribution in [2.45, 2.75) is 49.1 Å². The molecule has 0 spiro atoms. The van der Waals surface area contributed by atoms with Gasteiger partial charge in [0.15, 0.2) is 23.6 Å². The fourth-order valence-electron chi connectivity index (χ4n) is 5.57. The van der Waals surface area contributed by atoms with Crippen LogP contribution in [0.25, 0.3) is 22.1 Å². The van der Waals surface area contributed by atoms with Gasteiger partial charge < -0.3 is 50.0 Å². The van der Waals surface area contributed by atoms with Crippen LogP contribution < -0.4 is 22.6 Å². The Morgan fingerprint density at radius 2 is 1.55 bits per heavy atom. The zero-order valence-electron chi connectivity index (χ0n) is 23.6. The molecule has 0 saturated carbocycles. The number of hydrogen-bond acceptors (Lipinski definition) is 17. The summed E-state index contributed by atoms with van der Waals surface area (Å²) in [5.74, 6) is -0.228. The van der Waals surface area contributed by atoms with Gasteiger partial charge in [0.25, 0.3) is 11.1 Å². The summed E-state index contributed by atoms with van der Waals surface area (Å²) in [5.41, 5.74) is 10.8. The number of fused-ring (bicyclic) bond motifs is 5. The van der Waals surface area contributed by atoms with Crippen molar-refractivity contribution in [2.75, 3.05) is 24.7 Å². The van der Waals surface area contributed by atoms with E-state index in [0.717, 1.165) is 10.9 Å². The van der Waals surface area contributed by atoms with Crippen LogP contribution in [0.15, 0.2) is 40.4 Å². The summed E-state index contributed by atoms with van der Waals surface area (Å²) in [6.45, 7) is -9.69. The summed E-state index contributed by atoms with van der Waals surface area (Å²) < 4.78 is 36.6. The summed E-state index contributed by atoms with van der Waals surface area (Å²) in [7, 11) is 0. The molecule has 3 fully saturated rings. The van der Waals surface area contributed by atoms with Crippen molar-refractivity contribution in [3.05, 3.63) is 51.6 Å². The van der Waals surface area contributed by atoms with Gasteiger partial charge in [0.2, 0.25) is 5.95 Å². The van der Waals surface area contributed by atoms with Crippen LogP contribution in [-0.4, -0.2) is 98.9 Å². The molecule has 20 nitrogen and oxygen atoms in total. The number of nitrogens with one attached hydrogen (secondary N) is 1. The number of benzene rings is 1. The van der Waals surface area contributed by atoms with E-state index >= 15 is 0 Å². The molecule has 1 aromatic carbocycles. The highest BCUT2D eigenvalue weighted by atomic mass is 32.5. The number of ether oxygens (including phenoxy) is 2. The maximum absolute atomic E-state index is 13.3. The largest absolute Gasteiger partial charge is 0.399 e. The molecular formula is C23H26N8O12P2S2. The normalized spacial score (nSPS) is 36.5. The number of aliphatic hydroxyl groups excluding tert-OH is 2. The highest BCUT2D eigenvalue weighted by Crippen LogP contribution is 2.53. The number of H-pyrrole nitrogens is 1. The van der Waals surface area contributed by atoms with E-state index in [9.17, 15) is 29.6 Å². The summed E-state index contributed by atoms with van der Waals surface area (Å²) in [5, 5.41) is 22.6. The van der Waals surface area contributed by atoms with Crippen LogP contribution in [0.4, 0.5) is 11.6 Å². The summed E-state index contributed by atoms with van der Waals surface area (Å²) in [6.07, 6.45) is -9.13. The summed E-state index contributed by atoms with van der Waals surface area (Å²) >= 11 is 10.5. The first-order valence-corrected chi connectivity index (χ1v) is 18.9. The molecule has 0 amide bonds. The van der Waals surface area contributed by atoms with Gasteiger partial charge in [0.05, 0.1) is 30.4 Å². The van der Waals surface area contributed by atoms with Crippen LogP contribution in [0.3, 0.4) is 0 Å². The van der Waals surface area contributed by atoms with E-state index in [0.29, 0.717) is 11.2 Å². The van der Waals surface area contributed by atoms with Crippen molar-refractivity contribution in [2.24, 2.45) is 0 Å². The Balaban J connectivity index is 1.21. The fourth-order valence-corrected chi connectivity index (χ4v) is 8.43. The van der Waals surface area contributed by atoms with Crippen molar-refractivity contribution in [1.29, 1.82) is 0 Å². The molecule has 3 aliphatic heterocycles. The SMILES string of the molecule is Nc1ccc2c(=O)n([C@@H]3O[C@@H]4COP(O)(=S)O[C@@H]5[C@H](O)[C@@H](COP(O)(=S)O[C@H]4[C@H]3O)O[C@H]5n3cnc4c(=O)[nH]c(N)nc43)cnc2c1. The maximum Gasteiger partial charge on any atom is 0.325 e. The third-order valence-electron chi connectivity index (χ3n) is 7.74. The average molecular weight is 733 g/mol. The molecule has 0 radical (unpaired) electrons. The highest BCUT2D eigenvalue weighted by molar-refractivity contribution is 8.07. The van der Waals surface area contributed by atoms with Gasteiger partial charge in [-0.15, -0.1) is 0 Å². The van der Waals surface area contributed by atoms with E-state index < -0.39 is 86.8 Å². The number of aromatic nitrogens is 6. The summed E-state index contributed by atoms with van der Waals surface area (Å²) in [4.78, 5) is 62.5. The second-order valence-corrected chi connectivity index (χ2v) is 16.4. The summed E-state index contributed by atoms with van der Waals surface area (Å²) in [6, 6.07) is 4.49. The Labute approximate surface area is 272 Å². The predicted octanol–water partition coefficient (Wildman–Crippen LogP) is -1.54. The second-order valence-electron chi connectivity index (χ2n) is 10.8. The number of aliphatic hydroxyl groups is 2. The molecule has 9 N–H and O–H groups in total. The lowest BCUT2D eigenvalue weighted by Gasteiger charge is -2.28. The minimum atomic E-state index is -4.28. The Morgan fingerprint density at radius 3 is 2.30 bits per heavy atom. The molecule has 3 aliphatic rings. The van der Waals surface area contributed by atoms with Crippen LogP contribution in [0.2, 0.25) is 0 Å². The van der Waals surface area contributed by atoms with Crippen molar-refractivity contribution in [3.8, 4) is 0 Å². The minimum Gasteiger partial charge on any atom is -0.399 e. The predicted molar refractivity (Wildman–Crippen MR) is 167 cm³/mol. The number of imidazole rings is 1. The number of nitrogens with two attached hydrogens (primary N) is 2. The molecule has 3 aromatic heterocycles. The molecule has 2 unspecified atom stereocenters. The Morgan fingerprint density at radius 1 is 0.894 bits per heavy atom. The van der Waals surface area contributed by atoms with Gasteiger partial charge in [-0.2, -0.15) is 4.98 Å². The number of rotatable bonds is 2. The molecule has 252 valence electrons. The van der Waals surface area contributed by atoms with Crippen LogP contribution in [0, 0.1) is 0 Å². The molecule has 4 aromatic rings. The highest BCUT2D eigenvalue weighted by Gasteiger charge is 2.52. The van der Waals surface area contributed by atoms with Gasteiger partial charge in [-0.25, -0.2) is 9.97 Å². The van der Waals surface area contributed by atoms with E-state index in [4.69, 9.17) is 62.6 Å². The van der Waals surface area contributed by atoms with Crippen molar-refractivity contribution in [1.82, 2.24) is 29.1 Å². The number of hydrogen-bond donors (Lipinski definition) is 7. The van der Waals surface area contributed by atoms with Gasteiger partial charge in [-0.05, 0) is 41.8 Å². The van der Waals surface area contributed by atoms with E-state index in [2.05, 4.69) is 19.9 Å². The molecule has 0 aliphatic carbocycles. The van der Waals surface area contributed by atoms with Crippen molar-refractivity contribution >= 4 is 70.8 Å². The number of nitrogen functional groups attached to an aromatic ring is 2. The van der Waals surface area contributed by atoms with Gasteiger partial charge in [-0.3, -0.25) is 32.8 Å². The quantitative estimate of drug-likeness (QED) is 0.0908. The van der Waals surface area contributed by atoms with Gasteiger partial charge >= 0.3 is 13.4 Å². The number of anilines is 2. The molecule has 2 bridgehead atoms. The molecule has 3 saturated heterocycles. The van der Waals surface area contributed by atoms with E-state index in [-0.39, 0.29) is 22.5 Å². The molecule has 47 heavy (non-hydrogen) atoms. The molecular weight excluding hydrogens is 706 g/mol. The Hall–Kier alpha value is -2.79. The van der Waals surface area contributed by atoms with Crippen LogP contribution >= 0.6 is 13.4 Å².